The molecule has 1 heterocycles. The number of sulfonamides is 1. The van der Waals surface area contributed by atoms with E-state index in [2.05, 4.69) is 27.2 Å². The molecule has 0 spiro atoms. The normalized spacial score (nSPS) is 11.3. The highest BCUT2D eigenvalue weighted by Gasteiger charge is 2.12. The summed E-state index contributed by atoms with van der Waals surface area (Å²) >= 11 is 1.36. The van der Waals surface area contributed by atoms with Crippen molar-refractivity contribution >= 4 is 38.1 Å². The Bertz CT molecular complexity index is 818. The molecule has 0 fully saturated rings. The summed E-state index contributed by atoms with van der Waals surface area (Å²) in [6.45, 7) is 3.69. The van der Waals surface area contributed by atoms with Crippen molar-refractivity contribution in [1.29, 1.82) is 0 Å². The van der Waals surface area contributed by atoms with Crippen molar-refractivity contribution in [2.45, 2.75) is 39.5 Å². The van der Waals surface area contributed by atoms with Crippen LogP contribution in [0.3, 0.4) is 0 Å². The molecule has 0 radical (unpaired) electrons. The maximum absolute atomic E-state index is 12.3. The maximum atomic E-state index is 12.3. The van der Waals surface area contributed by atoms with Gasteiger partial charge in [0.25, 0.3) is 5.91 Å². The summed E-state index contributed by atoms with van der Waals surface area (Å²) < 4.78 is 25.7. The molecule has 0 aliphatic rings. The van der Waals surface area contributed by atoms with Crippen molar-refractivity contribution in [3.05, 3.63) is 34.8 Å². The van der Waals surface area contributed by atoms with Crippen LogP contribution in [-0.4, -0.2) is 30.3 Å². The van der Waals surface area contributed by atoms with Crippen molar-refractivity contribution in [3.63, 3.8) is 0 Å². The Morgan fingerprint density at radius 3 is 2.72 bits per heavy atom. The first-order valence-electron chi connectivity index (χ1n) is 8.17. The third-order valence-electron chi connectivity index (χ3n) is 3.46. The highest BCUT2D eigenvalue weighted by atomic mass is 32.2. The molecule has 1 amide bonds. The molecule has 0 aliphatic carbocycles. The first-order chi connectivity index (χ1) is 11.9. The van der Waals surface area contributed by atoms with Gasteiger partial charge in [-0.15, -0.1) is 10.2 Å². The molecule has 136 valence electrons. The lowest BCUT2D eigenvalue weighted by Crippen LogP contribution is -2.16. The van der Waals surface area contributed by atoms with Crippen molar-refractivity contribution in [3.8, 4) is 0 Å². The number of carbonyl (C=O) groups excluding carboxylic acids is 1. The van der Waals surface area contributed by atoms with Gasteiger partial charge in [0, 0.05) is 17.7 Å². The molecular weight excluding hydrogens is 360 g/mol. The van der Waals surface area contributed by atoms with Crippen LogP contribution >= 0.6 is 11.3 Å². The number of rotatable bonds is 9. The van der Waals surface area contributed by atoms with Crippen LogP contribution in [0.5, 0.6) is 0 Å². The van der Waals surface area contributed by atoms with Gasteiger partial charge < -0.3 is 0 Å². The SMILES string of the molecule is CCCCCc1nnc(NC(=O)c2cccc(NS(=O)(=O)CC)c2)s1. The zero-order chi connectivity index (χ0) is 18.3. The molecule has 0 aliphatic heterocycles. The lowest BCUT2D eigenvalue weighted by atomic mass is 10.2. The van der Waals surface area contributed by atoms with Gasteiger partial charge in [0.05, 0.1) is 5.75 Å². The van der Waals surface area contributed by atoms with Gasteiger partial charge in [-0.3, -0.25) is 14.8 Å². The summed E-state index contributed by atoms with van der Waals surface area (Å²) in [5.74, 6) is -0.386. The Morgan fingerprint density at radius 2 is 2.00 bits per heavy atom. The van der Waals surface area contributed by atoms with Crippen LogP contribution in [-0.2, 0) is 16.4 Å². The van der Waals surface area contributed by atoms with Crippen LogP contribution in [0.15, 0.2) is 24.3 Å². The van der Waals surface area contributed by atoms with Gasteiger partial charge in [0.15, 0.2) is 0 Å². The molecule has 0 bridgehead atoms. The number of aromatic nitrogens is 2. The van der Waals surface area contributed by atoms with Gasteiger partial charge in [-0.1, -0.05) is 37.2 Å². The highest BCUT2D eigenvalue weighted by Crippen LogP contribution is 2.19. The largest absolute Gasteiger partial charge is 0.296 e. The first-order valence-corrected chi connectivity index (χ1v) is 10.6. The Kier molecular flexibility index (Phi) is 6.89. The number of carbonyl (C=O) groups is 1. The molecule has 1 aromatic carbocycles. The molecule has 7 nitrogen and oxygen atoms in total. The molecule has 2 N–H and O–H groups in total. The number of amides is 1. The fraction of sp³-hybridized carbons (Fsp3) is 0.438. The number of benzene rings is 1. The second-order valence-electron chi connectivity index (χ2n) is 5.50. The van der Waals surface area contributed by atoms with Gasteiger partial charge in [0.1, 0.15) is 5.01 Å². The summed E-state index contributed by atoms with van der Waals surface area (Å²) in [5.41, 5.74) is 0.700. The minimum atomic E-state index is -3.38. The van der Waals surface area contributed by atoms with Crippen LogP contribution in [0.2, 0.25) is 0 Å². The van der Waals surface area contributed by atoms with Crippen molar-refractivity contribution < 1.29 is 13.2 Å². The molecule has 0 atom stereocenters. The van der Waals surface area contributed by atoms with E-state index < -0.39 is 10.0 Å². The van der Waals surface area contributed by atoms with Gasteiger partial charge in [0.2, 0.25) is 15.2 Å². The second kappa shape index (κ2) is 8.91. The number of nitrogens with one attached hydrogen (secondary N) is 2. The quantitative estimate of drug-likeness (QED) is 0.648. The van der Waals surface area contributed by atoms with E-state index in [1.807, 2.05) is 0 Å². The Hall–Kier alpha value is -2.00. The topological polar surface area (TPSA) is 101 Å². The molecule has 0 saturated carbocycles. The number of unbranched alkanes of at least 4 members (excludes halogenated alkanes) is 2. The lowest BCUT2D eigenvalue weighted by molar-refractivity contribution is 0.102. The first kappa shape index (κ1) is 19.3. The molecule has 9 heteroatoms. The summed E-state index contributed by atoms with van der Waals surface area (Å²) in [5, 5.41) is 12.1. The van der Waals surface area contributed by atoms with Crippen LogP contribution in [0.1, 0.15) is 48.5 Å². The van der Waals surface area contributed by atoms with Crippen LogP contribution in [0.25, 0.3) is 0 Å². The highest BCUT2D eigenvalue weighted by molar-refractivity contribution is 7.92. The molecule has 1 aromatic heterocycles. The predicted octanol–water partition coefficient (Wildman–Crippen LogP) is 3.28. The standard InChI is InChI=1S/C16H22N4O3S2/c1-3-5-6-10-14-18-19-16(24-14)17-15(21)12-8-7-9-13(11-12)20-25(22,23)4-2/h7-9,11,20H,3-6,10H2,1-2H3,(H,17,19,21). The lowest BCUT2D eigenvalue weighted by Gasteiger charge is -2.07. The zero-order valence-corrected chi connectivity index (χ0v) is 15.9. The van der Waals surface area contributed by atoms with Crippen LogP contribution < -0.4 is 10.0 Å². The van der Waals surface area contributed by atoms with Gasteiger partial charge >= 0.3 is 0 Å². The third-order valence-corrected chi connectivity index (χ3v) is 5.66. The van der Waals surface area contributed by atoms with Crippen molar-refractivity contribution in [2.75, 3.05) is 15.8 Å². The number of hydrogen-bond acceptors (Lipinski definition) is 6. The van der Waals surface area contributed by atoms with E-state index in [0.717, 1.165) is 30.7 Å². The second-order valence-corrected chi connectivity index (χ2v) is 8.57. The summed E-state index contributed by atoms with van der Waals surface area (Å²) in [6, 6.07) is 6.33. The maximum Gasteiger partial charge on any atom is 0.257 e. The monoisotopic (exact) mass is 382 g/mol. The van der Waals surface area contributed by atoms with E-state index in [1.54, 1.807) is 25.1 Å². The van der Waals surface area contributed by atoms with Crippen LogP contribution in [0, 0.1) is 0 Å². The van der Waals surface area contributed by atoms with E-state index in [1.165, 1.54) is 17.4 Å². The number of nitrogens with zero attached hydrogens (tertiary/aromatic N) is 2. The molecule has 0 saturated heterocycles. The zero-order valence-electron chi connectivity index (χ0n) is 14.3. The third kappa shape index (κ3) is 6.09. The number of hydrogen-bond donors (Lipinski definition) is 2. The Labute approximate surface area is 151 Å². The number of anilines is 2. The van der Waals surface area contributed by atoms with Crippen molar-refractivity contribution in [2.24, 2.45) is 0 Å². The molecule has 0 unspecified atom stereocenters. The average Bonchev–Trinajstić information content (AvgIpc) is 3.02. The van der Waals surface area contributed by atoms with E-state index in [-0.39, 0.29) is 11.7 Å². The van der Waals surface area contributed by atoms with Gasteiger partial charge in [-0.25, -0.2) is 8.42 Å². The van der Waals surface area contributed by atoms with Crippen molar-refractivity contribution in [1.82, 2.24) is 10.2 Å². The molecule has 25 heavy (non-hydrogen) atoms. The molecular formula is C16H22N4O3S2. The smallest absolute Gasteiger partial charge is 0.257 e. The molecule has 2 rings (SSSR count). The minimum absolute atomic E-state index is 0.0327. The van der Waals surface area contributed by atoms with E-state index in [9.17, 15) is 13.2 Å². The predicted molar refractivity (Wildman–Crippen MR) is 101 cm³/mol. The fourth-order valence-electron chi connectivity index (χ4n) is 2.08. The summed E-state index contributed by atoms with van der Waals surface area (Å²) in [4.78, 5) is 12.3. The van der Waals surface area contributed by atoms with Gasteiger partial charge in [-0.2, -0.15) is 0 Å². The van der Waals surface area contributed by atoms with E-state index in [4.69, 9.17) is 0 Å². The van der Waals surface area contributed by atoms with E-state index >= 15 is 0 Å². The summed E-state index contributed by atoms with van der Waals surface area (Å²) in [6.07, 6.45) is 4.19. The number of aryl methyl sites for hydroxylation is 1. The minimum Gasteiger partial charge on any atom is -0.296 e. The Balaban J connectivity index is 2.01. The average molecular weight is 383 g/mol. The van der Waals surface area contributed by atoms with Crippen LogP contribution in [0.4, 0.5) is 10.8 Å². The molecule has 2 aromatic rings. The fourth-order valence-corrected chi connectivity index (χ4v) is 3.48. The van der Waals surface area contributed by atoms with Gasteiger partial charge in [-0.05, 0) is 31.5 Å². The Morgan fingerprint density at radius 1 is 1.20 bits per heavy atom. The summed E-state index contributed by atoms with van der Waals surface area (Å²) in [7, 11) is -3.38. The van der Waals surface area contributed by atoms with E-state index in [0.29, 0.717) is 16.4 Å².